The van der Waals surface area contributed by atoms with Gasteiger partial charge in [-0.05, 0) is 37.8 Å². The normalized spacial score (nSPS) is 17.0. The van der Waals surface area contributed by atoms with Gasteiger partial charge < -0.3 is 9.30 Å². The smallest absolute Gasteiger partial charge is 0.309 e. The van der Waals surface area contributed by atoms with Gasteiger partial charge >= 0.3 is 5.97 Å². The van der Waals surface area contributed by atoms with E-state index in [0.29, 0.717) is 32.8 Å². The molecule has 2 aliphatic rings. The molecule has 2 aromatic heterocycles. The summed E-state index contributed by atoms with van der Waals surface area (Å²) in [4.78, 5) is 23.7. The first kappa shape index (κ1) is 20.9. The van der Waals surface area contributed by atoms with Crippen LogP contribution in [0, 0.1) is 5.92 Å². The Morgan fingerprint density at radius 2 is 2.03 bits per heavy atom. The second-order valence-electron chi connectivity index (χ2n) is 7.97. The predicted octanol–water partition coefficient (Wildman–Crippen LogP) is 6.34. The summed E-state index contributed by atoms with van der Waals surface area (Å²) in [5.74, 6) is 1.25. The molecular weight excluding hydrogens is 459 g/mol. The summed E-state index contributed by atoms with van der Waals surface area (Å²) in [5.41, 5.74) is 2.51. The van der Waals surface area contributed by atoms with Crippen molar-refractivity contribution in [3.05, 3.63) is 45.0 Å². The zero-order valence-corrected chi connectivity index (χ0v) is 19.2. The van der Waals surface area contributed by atoms with Crippen LogP contribution in [0.25, 0.3) is 11.0 Å². The molecule has 0 radical (unpaired) electrons. The minimum Gasteiger partial charge on any atom is -0.457 e. The van der Waals surface area contributed by atoms with Gasteiger partial charge in [-0.25, -0.2) is 9.97 Å². The van der Waals surface area contributed by atoms with Crippen LogP contribution >= 0.6 is 34.8 Å². The molecule has 31 heavy (non-hydrogen) atoms. The molecule has 5 rings (SSSR count). The number of fused-ring (bicyclic) bond motifs is 3. The topological polar surface area (TPSA) is 60.2 Å². The fraction of sp³-hybridized carbons (Fsp3) is 0.409. The Morgan fingerprint density at radius 3 is 2.74 bits per heavy atom. The van der Waals surface area contributed by atoms with Crippen LogP contribution in [0.1, 0.15) is 44.3 Å². The molecule has 1 saturated carbocycles. The summed E-state index contributed by atoms with van der Waals surface area (Å²) >= 11 is 19.0. The third kappa shape index (κ3) is 3.75. The highest BCUT2D eigenvalue weighted by atomic mass is 35.5. The highest BCUT2D eigenvalue weighted by Crippen LogP contribution is 2.41. The lowest BCUT2D eigenvalue weighted by atomic mass is 10.0. The van der Waals surface area contributed by atoms with E-state index in [1.807, 2.05) is 24.0 Å². The molecular formula is C22H21Cl3N4O2. The summed E-state index contributed by atoms with van der Waals surface area (Å²) in [5, 5.41) is 1.50. The fourth-order valence-corrected chi connectivity index (χ4v) is 4.79. The highest BCUT2D eigenvalue weighted by Gasteiger charge is 2.34. The molecule has 1 aliphatic carbocycles. The van der Waals surface area contributed by atoms with Crippen molar-refractivity contribution in [1.29, 1.82) is 0 Å². The predicted molar refractivity (Wildman–Crippen MR) is 122 cm³/mol. The summed E-state index contributed by atoms with van der Waals surface area (Å²) < 4.78 is 8.00. The van der Waals surface area contributed by atoms with Gasteiger partial charge in [0.2, 0.25) is 5.95 Å². The van der Waals surface area contributed by atoms with Gasteiger partial charge in [-0.3, -0.25) is 9.69 Å². The maximum atomic E-state index is 12.4. The Bertz CT molecular complexity index is 1180. The van der Waals surface area contributed by atoms with E-state index in [9.17, 15) is 4.79 Å². The van der Waals surface area contributed by atoms with Gasteiger partial charge in [0.1, 0.15) is 11.6 Å². The number of rotatable bonds is 5. The monoisotopic (exact) mass is 478 g/mol. The second kappa shape index (κ2) is 8.15. The van der Waals surface area contributed by atoms with E-state index in [4.69, 9.17) is 44.5 Å². The molecule has 3 heterocycles. The Kier molecular flexibility index (Phi) is 5.49. The molecule has 3 aromatic rings. The van der Waals surface area contributed by atoms with Crippen molar-refractivity contribution < 1.29 is 9.53 Å². The summed E-state index contributed by atoms with van der Waals surface area (Å²) in [6, 6.07) is 5.44. The number of ether oxygens (including phenoxy) is 1. The second-order valence-corrected chi connectivity index (χ2v) is 9.22. The average Bonchev–Trinajstić information content (AvgIpc) is 3.53. The minimum atomic E-state index is -0.346. The van der Waals surface area contributed by atoms with Gasteiger partial charge in [-0.2, -0.15) is 0 Å². The van der Waals surface area contributed by atoms with Crippen LogP contribution in [-0.2, 0) is 16.1 Å². The average molecular weight is 480 g/mol. The number of hydrogen-bond donors (Lipinski definition) is 0. The summed E-state index contributed by atoms with van der Waals surface area (Å²) in [6.45, 7) is 3.51. The van der Waals surface area contributed by atoms with Crippen molar-refractivity contribution in [2.75, 3.05) is 11.4 Å². The largest absolute Gasteiger partial charge is 0.457 e. The summed E-state index contributed by atoms with van der Waals surface area (Å²) in [6.07, 6.45) is 4.61. The first-order chi connectivity index (χ1) is 15.0. The Morgan fingerprint density at radius 1 is 1.23 bits per heavy atom. The molecule has 6 nitrogen and oxygen atoms in total. The third-order valence-corrected chi connectivity index (χ3v) is 6.58. The number of halogens is 3. The van der Waals surface area contributed by atoms with E-state index in [2.05, 4.69) is 9.55 Å². The van der Waals surface area contributed by atoms with Crippen LogP contribution in [0.5, 0.6) is 0 Å². The highest BCUT2D eigenvalue weighted by molar-refractivity contribution is 6.36. The lowest BCUT2D eigenvalue weighted by Gasteiger charge is -2.29. The van der Waals surface area contributed by atoms with E-state index < -0.39 is 0 Å². The van der Waals surface area contributed by atoms with Crippen molar-refractivity contribution in [1.82, 2.24) is 14.5 Å². The molecule has 162 valence electrons. The molecule has 1 fully saturated rings. The van der Waals surface area contributed by atoms with Gasteiger partial charge in [0.05, 0.1) is 26.5 Å². The third-order valence-electron chi connectivity index (χ3n) is 5.79. The van der Waals surface area contributed by atoms with Gasteiger partial charge in [0.25, 0.3) is 0 Å². The number of anilines is 2. The number of hydrogen-bond acceptors (Lipinski definition) is 5. The van der Waals surface area contributed by atoms with E-state index in [-0.39, 0.29) is 18.0 Å². The zero-order valence-electron chi connectivity index (χ0n) is 16.9. The maximum Gasteiger partial charge on any atom is 0.309 e. The summed E-state index contributed by atoms with van der Waals surface area (Å²) in [7, 11) is 0. The quantitative estimate of drug-likeness (QED) is 0.400. The van der Waals surface area contributed by atoms with Crippen molar-refractivity contribution in [2.45, 2.75) is 45.3 Å². The van der Waals surface area contributed by atoms with E-state index in [1.54, 1.807) is 12.3 Å². The number of pyridine rings is 1. The maximum absolute atomic E-state index is 12.4. The Balaban J connectivity index is 1.63. The van der Waals surface area contributed by atoms with E-state index in [1.165, 1.54) is 0 Å². The van der Waals surface area contributed by atoms with Crippen molar-refractivity contribution in [2.24, 2.45) is 5.92 Å². The number of aromatic nitrogens is 3. The number of carbonyl (C=O) groups is 1. The van der Waals surface area contributed by atoms with E-state index in [0.717, 1.165) is 49.4 Å². The van der Waals surface area contributed by atoms with Crippen LogP contribution in [0.3, 0.4) is 0 Å². The molecule has 0 N–H and O–H groups in total. The number of esters is 1. The standard InChI is InChI=1S/C22H21Cl3N4O2/c1-2-17(31-21(30)12-4-5-12)14-6-7-15(24)18-19(14)28-8-3-9-29(22(28)27-18)20-16(25)10-13(23)11-26-20/h6-7,10-12,17H,2-5,8-9H2,1H3. The first-order valence-corrected chi connectivity index (χ1v) is 11.6. The molecule has 9 heteroatoms. The number of aryl methyl sites for hydroxylation is 1. The molecule has 1 atom stereocenters. The molecule has 0 saturated heterocycles. The first-order valence-electron chi connectivity index (χ1n) is 10.5. The van der Waals surface area contributed by atoms with Crippen LogP contribution in [0.15, 0.2) is 24.4 Å². The fourth-order valence-electron chi connectivity index (χ4n) is 4.11. The number of carbonyl (C=O) groups excluding carboxylic acids is 1. The van der Waals surface area contributed by atoms with Gasteiger partial charge in [0.15, 0.2) is 5.82 Å². The van der Waals surface area contributed by atoms with E-state index >= 15 is 0 Å². The van der Waals surface area contributed by atoms with Crippen LogP contribution in [-0.4, -0.2) is 27.0 Å². The Hall–Kier alpha value is -2.02. The number of benzene rings is 1. The number of nitrogens with zero attached hydrogens (tertiary/aromatic N) is 4. The van der Waals surface area contributed by atoms with Crippen LogP contribution < -0.4 is 4.90 Å². The Labute approximate surface area is 195 Å². The van der Waals surface area contributed by atoms with Crippen molar-refractivity contribution in [3.8, 4) is 0 Å². The van der Waals surface area contributed by atoms with Gasteiger partial charge in [0, 0.05) is 24.8 Å². The molecule has 0 spiro atoms. The number of imidazole rings is 1. The van der Waals surface area contributed by atoms with Crippen LogP contribution in [0.4, 0.5) is 11.8 Å². The van der Waals surface area contributed by atoms with Crippen LogP contribution in [0.2, 0.25) is 15.1 Å². The zero-order chi connectivity index (χ0) is 21.7. The van der Waals surface area contributed by atoms with Crippen molar-refractivity contribution >= 4 is 63.6 Å². The minimum absolute atomic E-state index is 0.0461. The molecule has 1 unspecified atom stereocenters. The van der Waals surface area contributed by atoms with Gasteiger partial charge in [-0.1, -0.05) is 47.8 Å². The SMILES string of the molecule is CCC(OC(=O)C1CC1)c1ccc(Cl)c2nc3n(c12)CCCN3c1ncc(Cl)cc1Cl. The molecule has 1 aromatic carbocycles. The molecule has 1 aliphatic heterocycles. The van der Waals surface area contributed by atoms with Crippen molar-refractivity contribution in [3.63, 3.8) is 0 Å². The lowest BCUT2D eigenvalue weighted by molar-refractivity contribution is -0.151. The molecule has 0 amide bonds. The van der Waals surface area contributed by atoms with Gasteiger partial charge in [-0.15, -0.1) is 0 Å². The lowest BCUT2D eigenvalue weighted by Crippen LogP contribution is -2.29. The molecule has 0 bridgehead atoms.